The SMILES string of the molecule is CCC(C)C1C(=O)Nc2cc(C(=O)NCC(C)(C)CN)ccc2N1C(C)=O. The second-order valence-electron chi connectivity index (χ2n) is 7.99. The summed E-state index contributed by atoms with van der Waals surface area (Å²) in [4.78, 5) is 38.9. The molecular formula is C20H30N4O3. The van der Waals surface area contributed by atoms with Gasteiger partial charge in [0.25, 0.3) is 5.91 Å². The number of nitrogens with one attached hydrogen (secondary N) is 2. The number of nitrogens with zero attached hydrogens (tertiary/aromatic N) is 1. The van der Waals surface area contributed by atoms with Crippen LogP contribution in [-0.2, 0) is 9.59 Å². The first-order valence-electron chi connectivity index (χ1n) is 9.34. The number of carbonyl (C=O) groups excluding carboxylic acids is 3. The van der Waals surface area contributed by atoms with Gasteiger partial charge in [-0.2, -0.15) is 0 Å². The second kappa shape index (κ2) is 8.08. The van der Waals surface area contributed by atoms with Crippen LogP contribution in [0.15, 0.2) is 18.2 Å². The maximum absolute atomic E-state index is 12.6. The minimum atomic E-state index is -0.551. The third-order valence-corrected chi connectivity index (χ3v) is 5.13. The minimum absolute atomic E-state index is 0.0171. The van der Waals surface area contributed by atoms with Gasteiger partial charge in [-0.3, -0.25) is 19.3 Å². The van der Waals surface area contributed by atoms with Crippen LogP contribution in [0.1, 0.15) is 51.4 Å². The maximum Gasteiger partial charge on any atom is 0.251 e. The zero-order valence-electron chi connectivity index (χ0n) is 16.8. The van der Waals surface area contributed by atoms with Crippen molar-refractivity contribution < 1.29 is 14.4 Å². The number of rotatable bonds is 6. The lowest BCUT2D eigenvalue weighted by Crippen LogP contribution is -2.53. The van der Waals surface area contributed by atoms with E-state index in [0.717, 1.165) is 6.42 Å². The van der Waals surface area contributed by atoms with E-state index in [2.05, 4.69) is 10.6 Å². The summed E-state index contributed by atoms with van der Waals surface area (Å²) in [6.45, 7) is 10.2. The molecule has 0 fully saturated rings. The number of fused-ring (bicyclic) bond motifs is 1. The molecule has 2 rings (SSSR count). The molecule has 4 N–H and O–H groups in total. The summed E-state index contributed by atoms with van der Waals surface area (Å²) in [5, 5.41) is 5.72. The largest absolute Gasteiger partial charge is 0.351 e. The van der Waals surface area contributed by atoms with Gasteiger partial charge in [0.1, 0.15) is 6.04 Å². The molecule has 1 aromatic carbocycles. The Labute approximate surface area is 160 Å². The van der Waals surface area contributed by atoms with Crippen molar-refractivity contribution in [2.75, 3.05) is 23.3 Å². The number of benzene rings is 1. The molecule has 27 heavy (non-hydrogen) atoms. The third kappa shape index (κ3) is 4.47. The number of carbonyl (C=O) groups is 3. The van der Waals surface area contributed by atoms with Gasteiger partial charge in [-0.25, -0.2) is 0 Å². The zero-order chi connectivity index (χ0) is 20.4. The smallest absolute Gasteiger partial charge is 0.251 e. The van der Waals surface area contributed by atoms with Gasteiger partial charge in [0.05, 0.1) is 11.4 Å². The van der Waals surface area contributed by atoms with Crippen molar-refractivity contribution >= 4 is 29.1 Å². The van der Waals surface area contributed by atoms with Gasteiger partial charge >= 0.3 is 0 Å². The van der Waals surface area contributed by atoms with E-state index in [1.807, 2.05) is 27.7 Å². The molecule has 0 saturated heterocycles. The van der Waals surface area contributed by atoms with Crippen molar-refractivity contribution in [3.05, 3.63) is 23.8 Å². The van der Waals surface area contributed by atoms with Crippen molar-refractivity contribution in [3.8, 4) is 0 Å². The lowest BCUT2D eigenvalue weighted by atomic mass is 9.93. The van der Waals surface area contributed by atoms with Crippen LogP contribution < -0.4 is 21.3 Å². The van der Waals surface area contributed by atoms with Crippen molar-refractivity contribution in [1.29, 1.82) is 0 Å². The monoisotopic (exact) mass is 374 g/mol. The Bertz CT molecular complexity index is 745. The van der Waals surface area contributed by atoms with E-state index < -0.39 is 6.04 Å². The molecule has 1 aromatic rings. The Hall–Kier alpha value is -2.41. The van der Waals surface area contributed by atoms with Gasteiger partial charge in [-0.1, -0.05) is 34.1 Å². The molecule has 7 heteroatoms. The van der Waals surface area contributed by atoms with E-state index >= 15 is 0 Å². The summed E-state index contributed by atoms with van der Waals surface area (Å²) in [5.41, 5.74) is 7.01. The highest BCUT2D eigenvalue weighted by Crippen LogP contribution is 2.35. The third-order valence-electron chi connectivity index (χ3n) is 5.13. The summed E-state index contributed by atoms with van der Waals surface area (Å²) >= 11 is 0. The molecular weight excluding hydrogens is 344 g/mol. The first-order valence-corrected chi connectivity index (χ1v) is 9.34. The molecule has 0 saturated carbocycles. The first kappa shape index (κ1) is 20.9. The van der Waals surface area contributed by atoms with E-state index in [1.165, 1.54) is 11.8 Å². The highest BCUT2D eigenvalue weighted by molar-refractivity contribution is 6.12. The molecule has 1 heterocycles. The maximum atomic E-state index is 12.6. The average molecular weight is 374 g/mol. The highest BCUT2D eigenvalue weighted by atomic mass is 16.2. The van der Waals surface area contributed by atoms with E-state index in [9.17, 15) is 14.4 Å². The molecule has 0 aromatic heterocycles. The Balaban J connectivity index is 2.31. The Kier molecular flexibility index (Phi) is 6.26. The van der Waals surface area contributed by atoms with Crippen LogP contribution in [-0.4, -0.2) is 36.9 Å². The minimum Gasteiger partial charge on any atom is -0.351 e. The molecule has 1 aliphatic heterocycles. The fourth-order valence-corrected chi connectivity index (χ4v) is 3.06. The quantitative estimate of drug-likeness (QED) is 0.709. The number of amides is 3. The van der Waals surface area contributed by atoms with E-state index in [-0.39, 0.29) is 29.1 Å². The molecule has 148 valence electrons. The Morgan fingerprint density at radius 2 is 2.04 bits per heavy atom. The molecule has 2 atom stereocenters. The highest BCUT2D eigenvalue weighted by Gasteiger charge is 2.38. The van der Waals surface area contributed by atoms with Crippen molar-refractivity contribution in [1.82, 2.24) is 5.32 Å². The van der Waals surface area contributed by atoms with Gasteiger partial charge < -0.3 is 16.4 Å². The number of nitrogens with two attached hydrogens (primary N) is 1. The fourth-order valence-electron chi connectivity index (χ4n) is 3.06. The predicted molar refractivity (Wildman–Crippen MR) is 107 cm³/mol. The second-order valence-corrected chi connectivity index (χ2v) is 7.99. The fraction of sp³-hybridized carbons (Fsp3) is 0.550. The van der Waals surface area contributed by atoms with Gasteiger partial charge in [0.15, 0.2) is 0 Å². The van der Waals surface area contributed by atoms with Gasteiger partial charge in [0, 0.05) is 19.0 Å². The van der Waals surface area contributed by atoms with Crippen LogP contribution in [0.3, 0.4) is 0 Å². The zero-order valence-corrected chi connectivity index (χ0v) is 16.8. The molecule has 3 amide bonds. The molecule has 0 radical (unpaired) electrons. The summed E-state index contributed by atoms with van der Waals surface area (Å²) < 4.78 is 0. The Morgan fingerprint density at radius 1 is 1.37 bits per heavy atom. The van der Waals surface area contributed by atoms with Gasteiger partial charge in [-0.15, -0.1) is 0 Å². The summed E-state index contributed by atoms with van der Waals surface area (Å²) in [6, 6.07) is 4.45. The van der Waals surface area contributed by atoms with E-state index in [0.29, 0.717) is 30.0 Å². The van der Waals surface area contributed by atoms with Crippen molar-refractivity contribution in [2.24, 2.45) is 17.1 Å². The summed E-state index contributed by atoms with van der Waals surface area (Å²) in [5.74, 6) is -0.650. The number of hydrogen-bond donors (Lipinski definition) is 3. The summed E-state index contributed by atoms with van der Waals surface area (Å²) in [6.07, 6.45) is 0.772. The topological polar surface area (TPSA) is 105 Å². The molecule has 7 nitrogen and oxygen atoms in total. The lowest BCUT2D eigenvalue weighted by Gasteiger charge is -2.38. The van der Waals surface area contributed by atoms with Gasteiger partial charge in [0.2, 0.25) is 11.8 Å². The molecule has 0 aliphatic carbocycles. The predicted octanol–water partition coefficient (Wildman–Crippen LogP) is 2.12. The van der Waals surface area contributed by atoms with Crippen LogP contribution in [0.2, 0.25) is 0 Å². The lowest BCUT2D eigenvalue weighted by molar-refractivity contribution is -0.123. The molecule has 2 unspecified atom stereocenters. The number of anilines is 2. The Morgan fingerprint density at radius 3 is 2.59 bits per heavy atom. The van der Waals surface area contributed by atoms with Crippen molar-refractivity contribution in [2.45, 2.75) is 47.1 Å². The van der Waals surface area contributed by atoms with Crippen LogP contribution >= 0.6 is 0 Å². The van der Waals surface area contributed by atoms with Gasteiger partial charge in [-0.05, 0) is 36.1 Å². The first-order chi connectivity index (χ1) is 12.6. The molecule has 0 bridgehead atoms. The van der Waals surface area contributed by atoms with Crippen LogP contribution in [0.4, 0.5) is 11.4 Å². The van der Waals surface area contributed by atoms with E-state index in [4.69, 9.17) is 5.73 Å². The summed E-state index contributed by atoms with van der Waals surface area (Å²) in [7, 11) is 0. The standard InChI is InChI=1S/C20H30N4O3/c1-6-12(2)17-19(27)23-15-9-14(7-8-16(15)24(17)13(3)25)18(26)22-11-20(4,5)10-21/h7-9,12,17H,6,10-11,21H2,1-5H3,(H,22,26)(H,23,27). The van der Waals surface area contributed by atoms with Crippen LogP contribution in [0, 0.1) is 11.3 Å². The normalized spacial score (nSPS) is 17.8. The van der Waals surface area contributed by atoms with Crippen molar-refractivity contribution in [3.63, 3.8) is 0 Å². The van der Waals surface area contributed by atoms with Crippen LogP contribution in [0.5, 0.6) is 0 Å². The molecule has 0 spiro atoms. The van der Waals surface area contributed by atoms with Crippen LogP contribution in [0.25, 0.3) is 0 Å². The average Bonchev–Trinajstić information content (AvgIpc) is 2.63. The van der Waals surface area contributed by atoms with E-state index in [1.54, 1.807) is 18.2 Å². The number of hydrogen-bond acceptors (Lipinski definition) is 4. The molecule has 1 aliphatic rings.